The number of hydrogen-bond donors (Lipinski definition) is 2. The fraction of sp³-hybridized carbons (Fsp3) is 0.400. The van der Waals surface area contributed by atoms with Gasteiger partial charge in [0.2, 0.25) is 0 Å². The van der Waals surface area contributed by atoms with Crippen LogP contribution in [0.25, 0.3) is 10.8 Å². The van der Waals surface area contributed by atoms with Crippen molar-refractivity contribution in [2.75, 3.05) is 13.2 Å². The van der Waals surface area contributed by atoms with Crippen molar-refractivity contribution in [3.05, 3.63) is 40.3 Å². The number of rotatable bonds is 3. The van der Waals surface area contributed by atoms with Gasteiger partial charge in [-0.15, -0.1) is 0 Å². The first-order valence-electron chi connectivity index (χ1n) is 6.99. The van der Waals surface area contributed by atoms with Crippen LogP contribution >= 0.6 is 0 Å². The second-order valence-electron chi connectivity index (χ2n) is 5.53. The second-order valence-corrected chi connectivity index (χ2v) is 5.53. The predicted octanol–water partition coefficient (Wildman–Crippen LogP) is 1.22. The van der Waals surface area contributed by atoms with Gasteiger partial charge in [-0.2, -0.15) is 5.10 Å². The minimum Gasteiger partial charge on any atom is -0.373 e. The monoisotopic (exact) mass is 287 g/mol. The summed E-state index contributed by atoms with van der Waals surface area (Å²) < 4.78 is 5.64. The molecular weight excluding hydrogens is 270 g/mol. The molecule has 0 saturated carbocycles. The first-order chi connectivity index (χ1) is 10.1. The Morgan fingerprint density at radius 2 is 2.19 bits per heavy atom. The van der Waals surface area contributed by atoms with Crippen LogP contribution in [0.5, 0.6) is 0 Å². The molecular formula is C15H17N3O3. The Bertz CT molecular complexity index is 732. The lowest BCUT2D eigenvalue weighted by Crippen LogP contribution is -2.40. The Morgan fingerprint density at radius 3 is 2.90 bits per heavy atom. The summed E-state index contributed by atoms with van der Waals surface area (Å²) in [5.74, 6) is -0.306. The van der Waals surface area contributed by atoms with E-state index in [9.17, 15) is 9.59 Å². The van der Waals surface area contributed by atoms with Gasteiger partial charge >= 0.3 is 0 Å². The molecule has 1 fully saturated rings. The van der Waals surface area contributed by atoms with Crippen molar-refractivity contribution in [3.8, 4) is 0 Å². The van der Waals surface area contributed by atoms with E-state index in [1.807, 2.05) is 6.92 Å². The Morgan fingerprint density at radius 1 is 1.43 bits per heavy atom. The van der Waals surface area contributed by atoms with Crippen molar-refractivity contribution in [2.24, 2.45) is 0 Å². The summed E-state index contributed by atoms with van der Waals surface area (Å²) in [6.45, 7) is 3.14. The third kappa shape index (κ3) is 2.67. The number of carbonyl (C=O) groups excluding carboxylic acids is 1. The normalized spacial score (nSPS) is 21.6. The highest BCUT2D eigenvalue weighted by Crippen LogP contribution is 2.24. The number of amides is 1. The smallest absolute Gasteiger partial charge is 0.272 e. The molecule has 2 heterocycles. The molecule has 1 atom stereocenters. The van der Waals surface area contributed by atoms with Crippen LogP contribution in [0, 0.1) is 0 Å². The van der Waals surface area contributed by atoms with Gasteiger partial charge in [0.25, 0.3) is 11.5 Å². The number of fused-ring (bicyclic) bond motifs is 1. The van der Waals surface area contributed by atoms with E-state index >= 15 is 0 Å². The van der Waals surface area contributed by atoms with Crippen LogP contribution in [0.2, 0.25) is 0 Å². The lowest BCUT2D eigenvalue weighted by Gasteiger charge is -2.23. The number of H-pyrrole nitrogens is 1. The summed E-state index contributed by atoms with van der Waals surface area (Å²) in [6, 6.07) is 6.93. The number of aromatic amines is 1. The molecule has 3 rings (SSSR count). The number of nitrogens with zero attached hydrogens (tertiary/aromatic N) is 1. The van der Waals surface area contributed by atoms with Crippen molar-refractivity contribution in [1.82, 2.24) is 15.5 Å². The summed E-state index contributed by atoms with van der Waals surface area (Å²) >= 11 is 0. The summed E-state index contributed by atoms with van der Waals surface area (Å²) in [6.07, 6.45) is 1.93. The van der Waals surface area contributed by atoms with Gasteiger partial charge in [0.1, 0.15) is 0 Å². The van der Waals surface area contributed by atoms with Crippen LogP contribution in [0.4, 0.5) is 0 Å². The molecule has 0 bridgehead atoms. The molecule has 1 aromatic heterocycles. The first kappa shape index (κ1) is 13.8. The highest BCUT2D eigenvalue weighted by atomic mass is 16.5. The van der Waals surface area contributed by atoms with Gasteiger partial charge < -0.3 is 10.1 Å². The fourth-order valence-corrected chi connectivity index (χ4v) is 2.62. The molecule has 2 N–H and O–H groups in total. The van der Waals surface area contributed by atoms with Crippen molar-refractivity contribution in [2.45, 2.75) is 25.4 Å². The van der Waals surface area contributed by atoms with E-state index in [0.29, 0.717) is 17.3 Å². The molecule has 0 spiro atoms. The second kappa shape index (κ2) is 5.29. The molecule has 21 heavy (non-hydrogen) atoms. The Labute approximate surface area is 121 Å². The van der Waals surface area contributed by atoms with Gasteiger partial charge in [-0.25, -0.2) is 5.10 Å². The van der Waals surface area contributed by atoms with Crippen LogP contribution in [0.1, 0.15) is 30.3 Å². The Kier molecular flexibility index (Phi) is 3.47. The largest absolute Gasteiger partial charge is 0.373 e. The van der Waals surface area contributed by atoms with Gasteiger partial charge in [-0.1, -0.05) is 18.2 Å². The number of carbonyl (C=O) groups is 1. The van der Waals surface area contributed by atoms with Crippen LogP contribution < -0.4 is 10.9 Å². The third-order valence-electron chi connectivity index (χ3n) is 3.83. The van der Waals surface area contributed by atoms with Crippen LogP contribution in [0.15, 0.2) is 29.1 Å². The molecule has 1 amide bonds. The average Bonchev–Trinajstić information content (AvgIpc) is 2.93. The molecule has 6 heteroatoms. The third-order valence-corrected chi connectivity index (χ3v) is 3.83. The molecule has 1 aromatic carbocycles. The lowest BCUT2D eigenvalue weighted by atomic mass is 10.0. The minimum atomic E-state index is -0.312. The Hall–Kier alpha value is -2.21. The molecule has 1 unspecified atom stereocenters. The number of nitrogens with one attached hydrogen (secondary N) is 2. The van der Waals surface area contributed by atoms with E-state index in [2.05, 4.69) is 15.5 Å². The van der Waals surface area contributed by atoms with Gasteiger partial charge in [0.05, 0.1) is 11.0 Å². The average molecular weight is 287 g/mol. The predicted molar refractivity (Wildman–Crippen MR) is 78.3 cm³/mol. The summed E-state index contributed by atoms with van der Waals surface area (Å²) in [4.78, 5) is 24.0. The summed E-state index contributed by atoms with van der Waals surface area (Å²) in [5.41, 5.74) is -0.381. The highest BCUT2D eigenvalue weighted by Gasteiger charge is 2.30. The van der Waals surface area contributed by atoms with Gasteiger partial charge in [0, 0.05) is 18.5 Å². The van der Waals surface area contributed by atoms with Gasteiger partial charge in [0.15, 0.2) is 5.69 Å². The van der Waals surface area contributed by atoms with Crippen molar-refractivity contribution in [1.29, 1.82) is 0 Å². The molecule has 6 nitrogen and oxygen atoms in total. The van der Waals surface area contributed by atoms with Crippen molar-refractivity contribution >= 4 is 16.7 Å². The lowest BCUT2D eigenvalue weighted by molar-refractivity contribution is 0.0205. The van der Waals surface area contributed by atoms with Crippen molar-refractivity contribution in [3.63, 3.8) is 0 Å². The molecule has 0 aliphatic carbocycles. The highest BCUT2D eigenvalue weighted by molar-refractivity contribution is 6.04. The SMILES string of the molecule is CC1(CNC(=O)c2n[nH]c(=O)c3ccccc23)CCCO1. The van der Waals surface area contributed by atoms with Crippen molar-refractivity contribution < 1.29 is 9.53 Å². The fourth-order valence-electron chi connectivity index (χ4n) is 2.62. The Balaban J connectivity index is 1.85. The van der Waals surface area contributed by atoms with E-state index in [1.165, 1.54) is 0 Å². The van der Waals surface area contributed by atoms with Crippen LogP contribution in [-0.2, 0) is 4.74 Å². The number of aromatic nitrogens is 2. The zero-order valence-corrected chi connectivity index (χ0v) is 11.8. The molecule has 1 aliphatic heterocycles. The standard InChI is InChI=1S/C15H17N3O3/c1-15(7-4-8-21-15)9-16-14(20)12-10-5-2-3-6-11(10)13(19)18-17-12/h2-3,5-6H,4,7-9H2,1H3,(H,16,20)(H,18,19). The van der Waals surface area contributed by atoms with Gasteiger partial charge in [-0.05, 0) is 25.8 Å². The van der Waals surface area contributed by atoms with Crippen LogP contribution in [0.3, 0.4) is 0 Å². The maximum atomic E-state index is 12.3. The van der Waals surface area contributed by atoms with E-state index in [4.69, 9.17) is 4.74 Å². The van der Waals surface area contributed by atoms with E-state index in [0.717, 1.165) is 19.4 Å². The topological polar surface area (TPSA) is 84.1 Å². The number of ether oxygens (including phenoxy) is 1. The number of benzene rings is 1. The molecule has 2 aromatic rings. The molecule has 110 valence electrons. The zero-order chi connectivity index (χ0) is 14.9. The van der Waals surface area contributed by atoms with E-state index in [-0.39, 0.29) is 22.8 Å². The summed E-state index contributed by atoms with van der Waals surface area (Å²) in [7, 11) is 0. The maximum Gasteiger partial charge on any atom is 0.272 e. The zero-order valence-electron chi connectivity index (χ0n) is 11.8. The maximum absolute atomic E-state index is 12.3. The molecule has 1 aliphatic rings. The van der Waals surface area contributed by atoms with Crippen LogP contribution in [-0.4, -0.2) is 34.9 Å². The minimum absolute atomic E-state index is 0.229. The quantitative estimate of drug-likeness (QED) is 0.889. The van der Waals surface area contributed by atoms with E-state index < -0.39 is 0 Å². The molecule has 0 radical (unpaired) electrons. The molecule has 1 saturated heterocycles. The van der Waals surface area contributed by atoms with Gasteiger partial charge in [-0.3, -0.25) is 9.59 Å². The first-order valence-corrected chi connectivity index (χ1v) is 6.99. The van der Waals surface area contributed by atoms with E-state index in [1.54, 1.807) is 24.3 Å². The number of hydrogen-bond acceptors (Lipinski definition) is 4. The summed E-state index contributed by atoms with van der Waals surface area (Å²) in [5, 5.41) is 10.1.